The van der Waals surface area contributed by atoms with Crippen LogP contribution in [0.2, 0.25) is 0 Å². The van der Waals surface area contributed by atoms with Crippen molar-refractivity contribution in [2.45, 2.75) is 20.4 Å². The topological polar surface area (TPSA) is 34.9 Å². The van der Waals surface area contributed by atoms with Crippen LogP contribution in [0.25, 0.3) is 11.0 Å². The molecule has 3 nitrogen and oxygen atoms in total. The van der Waals surface area contributed by atoms with Gasteiger partial charge >= 0.3 is 0 Å². The van der Waals surface area contributed by atoms with Gasteiger partial charge in [-0.15, -0.1) is 0 Å². The van der Waals surface area contributed by atoms with Crippen molar-refractivity contribution in [2.75, 3.05) is 0 Å². The number of imidazole rings is 1. The molecule has 0 aliphatic heterocycles. The van der Waals surface area contributed by atoms with Gasteiger partial charge in [0.2, 0.25) is 0 Å². The van der Waals surface area contributed by atoms with Gasteiger partial charge in [0.15, 0.2) is 0 Å². The average molecular weight is 264 g/mol. The summed E-state index contributed by atoms with van der Waals surface area (Å²) in [6, 6.07) is 14.2. The molecule has 0 bridgehead atoms. The molecule has 100 valence electrons. The van der Waals surface area contributed by atoms with E-state index in [1.807, 2.05) is 25.1 Å². The van der Waals surface area contributed by atoms with E-state index in [1.165, 1.54) is 11.1 Å². The minimum Gasteiger partial charge on any atom is -0.324 e. The second-order valence-corrected chi connectivity index (χ2v) is 5.10. The highest BCUT2D eigenvalue weighted by Crippen LogP contribution is 2.19. The van der Waals surface area contributed by atoms with Gasteiger partial charge in [0, 0.05) is 12.1 Å². The average Bonchev–Trinajstić information content (AvgIpc) is 2.76. The second-order valence-electron chi connectivity index (χ2n) is 5.10. The Morgan fingerprint density at radius 2 is 1.85 bits per heavy atom. The maximum atomic E-state index is 10.8. The van der Waals surface area contributed by atoms with Gasteiger partial charge in [-0.25, -0.2) is 4.98 Å². The van der Waals surface area contributed by atoms with Gasteiger partial charge in [-0.3, -0.25) is 4.79 Å². The Balaban J connectivity index is 2.04. The Kier molecular flexibility index (Phi) is 3.11. The van der Waals surface area contributed by atoms with Crippen molar-refractivity contribution >= 4 is 17.3 Å². The van der Waals surface area contributed by atoms with Crippen LogP contribution in [0.1, 0.15) is 27.3 Å². The van der Waals surface area contributed by atoms with E-state index in [4.69, 9.17) is 0 Å². The molecule has 3 heteroatoms. The van der Waals surface area contributed by atoms with E-state index in [9.17, 15) is 4.79 Å². The van der Waals surface area contributed by atoms with Crippen LogP contribution in [-0.4, -0.2) is 15.8 Å². The summed E-state index contributed by atoms with van der Waals surface area (Å²) >= 11 is 0. The number of aryl methyl sites for hydroxylation is 2. The number of hydrogen-bond donors (Lipinski definition) is 0. The molecule has 0 saturated heterocycles. The third kappa shape index (κ3) is 2.23. The summed E-state index contributed by atoms with van der Waals surface area (Å²) < 4.78 is 2.18. The first kappa shape index (κ1) is 12.6. The maximum absolute atomic E-state index is 10.8. The molecule has 3 aromatic rings. The minimum absolute atomic E-state index is 0.664. The number of fused-ring (bicyclic) bond motifs is 1. The fourth-order valence-electron chi connectivity index (χ4n) is 2.42. The molecule has 0 fully saturated rings. The zero-order valence-electron chi connectivity index (χ0n) is 11.6. The maximum Gasteiger partial charge on any atom is 0.150 e. The summed E-state index contributed by atoms with van der Waals surface area (Å²) in [6.45, 7) is 4.88. The monoisotopic (exact) mass is 264 g/mol. The first-order chi connectivity index (χ1) is 9.67. The highest BCUT2D eigenvalue weighted by Gasteiger charge is 2.08. The van der Waals surface area contributed by atoms with E-state index in [0.717, 1.165) is 29.7 Å². The van der Waals surface area contributed by atoms with Crippen molar-refractivity contribution in [1.82, 2.24) is 9.55 Å². The standard InChI is InChI=1S/C17H16N2O/c1-12-3-5-14(6-4-12)10-19-13(2)18-16-9-15(11-20)7-8-17(16)19/h3-9,11H,10H2,1-2H3. The van der Waals surface area contributed by atoms with Gasteiger partial charge in [0.1, 0.15) is 12.1 Å². The van der Waals surface area contributed by atoms with E-state index in [-0.39, 0.29) is 0 Å². The van der Waals surface area contributed by atoms with Crippen molar-refractivity contribution in [3.8, 4) is 0 Å². The number of benzene rings is 2. The van der Waals surface area contributed by atoms with Gasteiger partial charge in [-0.05, 0) is 37.6 Å². The molecule has 20 heavy (non-hydrogen) atoms. The highest BCUT2D eigenvalue weighted by molar-refractivity contribution is 5.85. The van der Waals surface area contributed by atoms with E-state index in [1.54, 1.807) is 0 Å². The van der Waals surface area contributed by atoms with E-state index >= 15 is 0 Å². The van der Waals surface area contributed by atoms with Crippen molar-refractivity contribution in [1.29, 1.82) is 0 Å². The fourth-order valence-corrected chi connectivity index (χ4v) is 2.42. The third-order valence-corrected chi connectivity index (χ3v) is 3.56. The molecular weight excluding hydrogens is 248 g/mol. The van der Waals surface area contributed by atoms with Crippen LogP contribution in [0, 0.1) is 13.8 Å². The fraction of sp³-hybridized carbons (Fsp3) is 0.176. The van der Waals surface area contributed by atoms with E-state index in [0.29, 0.717) is 5.56 Å². The predicted octanol–water partition coefficient (Wildman–Crippen LogP) is 3.51. The molecule has 1 heterocycles. The van der Waals surface area contributed by atoms with Gasteiger partial charge in [0.05, 0.1) is 11.0 Å². The van der Waals surface area contributed by atoms with Crippen LogP contribution < -0.4 is 0 Å². The van der Waals surface area contributed by atoms with Crippen LogP contribution in [0.3, 0.4) is 0 Å². The predicted molar refractivity (Wildman–Crippen MR) is 80.1 cm³/mol. The summed E-state index contributed by atoms with van der Waals surface area (Å²) in [5, 5.41) is 0. The van der Waals surface area contributed by atoms with Crippen molar-refractivity contribution in [3.05, 3.63) is 65.0 Å². The molecule has 0 amide bonds. The lowest BCUT2D eigenvalue weighted by Gasteiger charge is -2.07. The second kappa shape index (κ2) is 4.93. The number of carbonyl (C=O) groups excluding carboxylic acids is 1. The molecule has 0 atom stereocenters. The van der Waals surface area contributed by atoms with Crippen LogP contribution in [0.5, 0.6) is 0 Å². The number of nitrogens with zero attached hydrogens (tertiary/aromatic N) is 2. The first-order valence-electron chi connectivity index (χ1n) is 6.65. The molecule has 0 aliphatic rings. The largest absolute Gasteiger partial charge is 0.324 e. The van der Waals surface area contributed by atoms with E-state index in [2.05, 4.69) is 40.7 Å². The highest BCUT2D eigenvalue weighted by atomic mass is 16.1. The molecule has 0 N–H and O–H groups in total. The summed E-state index contributed by atoms with van der Waals surface area (Å²) in [6.07, 6.45) is 0.855. The number of hydrogen-bond acceptors (Lipinski definition) is 2. The SMILES string of the molecule is Cc1ccc(Cn2c(C)nc3cc(C=O)ccc32)cc1. The lowest BCUT2D eigenvalue weighted by Crippen LogP contribution is -2.01. The Labute approximate surface area is 117 Å². The Morgan fingerprint density at radius 3 is 2.55 bits per heavy atom. The number of aldehydes is 1. The molecule has 1 aromatic heterocycles. The molecule has 0 saturated carbocycles. The molecule has 0 unspecified atom stereocenters. The van der Waals surface area contributed by atoms with Crippen LogP contribution in [0.15, 0.2) is 42.5 Å². The zero-order chi connectivity index (χ0) is 14.1. The molecule has 0 spiro atoms. The van der Waals surface area contributed by atoms with Crippen molar-refractivity contribution in [3.63, 3.8) is 0 Å². The molecule has 2 aromatic carbocycles. The smallest absolute Gasteiger partial charge is 0.150 e. The number of rotatable bonds is 3. The molecule has 0 aliphatic carbocycles. The van der Waals surface area contributed by atoms with Crippen LogP contribution in [-0.2, 0) is 6.54 Å². The lowest BCUT2D eigenvalue weighted by molar-refractivity contribution is 0.112. The Bertz CT molecular complexity index is 770. The molecule has 3 rings (SSSR count). The summed E-state index contributed by atoms with van der Waals surface area (Å²) in [7, 11) is 0. The van der Waals surface area contributed by atoms with Gasteiger partial charge in [-0.1, -0.05) is 29.8 Å². The minimum atomic E-state index is 0.664. The quantitative estimate of drug-likeness (QED) is 0.678. The van der Waals surface area contributed by atoms with Gasteiger partial charge < -0.3 is 4.57 Å². The molecule has 0 radical (unpaired) electrons. The first-order valence-corrected chi connectivity index (χ1v) is 6.65. The number of aromatic nitrogens is 2. The third-order valence-electron chi connectivity index (χ3n) is 3.56. The summed E-state index contributed by atoms with van der Waals surface area (Å²) in [5.41, 5.74) is 5.11. The van der Waals surface area contributed by atoms with E-state index < -0.39 is 0 Å². The number of carbonyl (C=O) groups is 1. The van der Waals surface area contributed by atoms with Gasteiger partial charge in [0.25, 0.3) is 0 Å². The normalized spacial score (nSPS) is 10.9. The van der Waals surface area contributed by atoms with Crippen LogP contribution in [0.4, 0.5) is 0 Å². The Morgan fingerprint density at radius 1 is 1.10 bits per heavy atom. The van der Waals surface area contributed by atoms with Gasteiger partial charge in [-0.2, -0.15) is 0 Å². The lowest BCUT2D eigenvalue weighted by atomic mass is 10.1. The molecular formula is C17H16N2O. The zero-order valence-corrected chi connectivity index (χ0v) is 11.6. The summed E-state index contributed by atoms with van der Waals surface area (Å²) in [4.78, 5) is 15.4. The van der Waals surface area contributed by atoms with Crippen molar-refractivity contribution in [2.24, 2.45) is 0 Å². The summed E-state index contributed by atoms with van der Waals surface area (Å²) in [5.74, 6) is 0.962. The Hall–Kier alpha value is -2.42. The van der Waals surface area contributed by atoms with Crippen molar-refractivity contribution < 1.29 is 4.79 Å². The van der Waals surface area contributed by atoms with Crippen LogP contribution >= 0.6 is 0 Å².